The van der Waals surface area contributed by atoms with Gasteiger partial charge in [0.2, 0.25) is 0 Å². The number of methoxy groups -OCH3 is 1. The van der Waals surface area contributed by atoms with Gasteiger partial charge in [0, 0.05) is 5.56 Å². The number of nitrogens with zero attached hydrogens (tertiary/aromatic N) is 1. The average Bonchev–Trinajstić information content (AvgIpc) is 2.60. The minimum atomic E-state index is -1.06. The van der Waals surface area contributed by atoms with Crippen LogP contribution in [0.5, 0.6) is 11.5 Å². The Balaban J connectivity index is 1.85. The Morgan fingerprint density at radius 2 is 1.79 bits per heavy atom. The second-order valence-electron chi connectivity index (χ2n) is 4.65. The van der Waals surface area contributed by atoms with Crippen LogP contribution >= 0.6 is 0 Å². The quantitative estimate of drug-likeness (QED) is 0.598. The summed E-state index contributed by atoms with van der Waals surface area (Å²) in [6, 6.07) is 13.1. The van der Waals surface area contributed by atoms with Gasteiger partial charge in [-0.15, -0.1) is 0 Å². The summed E-state index contributed by atoms with van der Waals surface area (Å²) in [7, 11) is 1.56. The second-order valence-corrected chi connectivity index (χ2v) is 4.65. The zero-order chi connectivity index (χ0) is 17.4. The third-order valence-electron chi connectivity index (χ3n) is 3.01. The molecule has 0 saturated heterocycles. The molecule has 2 aromatic rings. The number of benzene rings is 2. The second kappa shape index (κ2) is 8.33. The van der Waals surface area contributed by atoms with Crippen LogP contribution in [0.1, 0.15) is 15.9 Å². The van der Waals surface area contributed by atoms with Crippen molar-refractivity contribution in [3.05, 3.63) is 59.7 Å². The van der Waals surface area contributed by atoms with Gasteiger partial charge in [-0.05, 0) is 30.3 Å². The highest BCUT2D eigenvalue weighted by Gasteiger charge is 2.07. The molecule has 7 heteroatoms. The Morgan fingerprint density at radius 1 is 1.12 bits per heavy atom. The van der Waals surface area contributed by atoms with Crippen molar-refractivity contribution < 1.29 is 24.2 Å². The maximum atomic E-state index is 11.7. The lowest BCUT2D eigenvalue weighted by atomic mass is 10.1. The molecule has 0 unspecified atom stereocenters. The average molecular weight is 328 g/mol. The number of ether oxygens (including phenoxy) is 2. The maximum absolute atomic E-state index is 11.7. The van der Waals surface area contributed by atoms with E-state index in [9.17, 15) is 9.59 Å². The number of carboxylic acid groups (broad SMARTS) is 1. The molecule has 2 aromatic carbocycles. The molecule has 0 aliphatic heterocycles. The van der Waals surface area contributed by atoms with E-state index in [4.69, 9.17) is 14.6 Å². The van der Waals surface area contributed by atoms with Crippen LogP contribution in [0, 0.1) is 0 Å². The smallest absolute Gasteiger partial charge is 0.336 e. The Morgan fingerprint density at radius 3 is 2.46 bits per heavy atom. The molecule has 0 aliphatic rings. The number of hydrogen-bond acceptors (Lipinski definition) is 5. The minimum Gasteiger partial charge on any atom is -0.497 e. The molecule has 0 spiro atoms. The van der Waals surface area contributed by atoms with Crippen molar-refractivity contribution in [2.75, 3.05) is 13.7 Å². The van der Waals surface area contributed by atoms with Gasteiger partial charge in [0.1, 0.15) is 11.5 Å². The highest BCUT2D eigenvalue weighted by molar-refractivity contribution is 5.98. The summed E-state index contributed by atoms with van der Waals surface area (Å²) >= 11 is 0. The van der Waals surface area contributed by atoms with Crippen LogP contribution < -0.4 is 14.9 Å². The zero-order valence-electron chi connectivity index (χ0n) is 12.9. The predicted octanol–water partition coefficient (Wildman–Crippen LogP) is 1.92. The van der Waals surface area contributed by atoms with Crippen LogP contribution in [-0.2, 0) is 4.79 Å². The van der Waals surface area contributed by atoms with Crippen molar-refractivity contribution in [3.63, 3.8) is 0 Å². The molecule has 7 nitrogen and oxygen atoms in total. The van der Waals surface area contributed by atoms with Crippen LogP contribution in [0.3, 0.4) is 0 Å². The Bertz CT molecular complexity index is 741. The van der Waals surface area contributed by atoms with Gasteiger partial charge in [0.05, 0.1) is 18.9 Å². The van der Waals surface area contributed by atoms with Crippen molar-refractivity contribution >= 4 is 18.1 Å². The standard InChI is InChI=1S/C17H16N2O5/c1-23-13-6-8-14(9-7-13)24-11-16(20)19-18-10-12-4-2-3-5-15(12)17(21)22/h2-10H,11H2,1H3,(H,19,20)(H,21,22)/b18-10-. The van der Waals surface area contributed by atoms with Crippen LogP contribution in [0.25, 0.3) is 0 Å². The fourth-order valence-electron chi connectivity index (χ4n) is 1.83. The third kappa shape index (κ3) is 4.84. The summed E-state index contributed by atoms with van der Waals surface area (Å²) in [5.74, 6) is -0.319. The fraction of sp³-hybridized carbons (Fsp3) is 0.118. The van der Waals surface area contributed by atoms with Gasteiger partial charge in [-0.1, -0.05) is 18.2 Å². The van der Waals surface area contributed by atoms with Crippen molar-refractivity contribution in [2.45, 2.75) is 0 Å². The molecule has 0 bridgehead atoms. The number of carboxylic acids is 1. The number of aromatic carboxylic acids is 1. The number of nitrogens with one attached hydrogen (secondary N) is 1. The summed E-state index contributed by atoms with van der Waals surface area (Å²) in [5.41, 5.74) is 2.77. The molecule has 0 heterocycles. The highest BCUT2D eigenvalue weighted by atomic mass is 16.5. The van der Waals surface area contributed by atoms with Gasteiger partial charge in [0.25, 0.3) is 5.91 Å². The topological polar surface area (TPSA) is 97.2 Å². The molecule has 0 aliphatic carbocycles. The van der Waals surface area contributed by atoms with Gasteiger partial charge in [-0.25, -0.2) is 10.2 Å². The van der Waals surface area contributed by atoms with Gasteiger partial charge in [0.15, 0.2) is 6.61 Å². The summed E-state index contributed by atoms with van der Waals surface area (Å²) in [4.78, 5) is 22.7. The van der Waals surface area contributed by atoms with Crippen LogP contribution in [-0.4, -0.2) is 36.9 Å². The van der Waals surface area contributed by atoms with Gasteiger partial charge in [-0.2, -0.15) is 5.10 Å². The summed E-state index contributed by atoms with van der Waals surface area (Å²) in [5, 5.41) is 12.8. The largest absolute Gasteiger partial charge is 0.497 e. The minimum absolute atomic E-state index is 0.102. The van der Waals surface area contributed by atoms with E-state index in [2.05, 4.69) is 10.5 Å². The fourth-order valence-corrected chi connectivity index (χ4v) is 1.83. The number of amides is 1. The van der Waals surface area contributed by atoms with Gasteiger partial charge in [-0.3, -0.25) is 4.79 Å². The van der Waals surface area contributed by atoms with Crippen LogP contribution in [0.4, 0.5) is 0 Å². The Hall–Kier alpha value is -3.35. The van der Waals surface area contributed by atoms with E-state index >= 15 is 0 Å². The number of carbonyl (C=O) groups excluding carboxylic acids is 1. The van der Waals surface area contributed by atoms with Gasteiger partial charge >= 0.3 is 5.97 Å². The van der Waals surface area contributed by atoms with Crippen molar-refractivity contribution in [1.29, 1.82) is 0 Å². The lowest BCUT2D eigenvalue weighted by molar-refractivity contribution is -0.123. The first-order valence-corrected chi connectivity index (χ1v) is 7.01. The highest BCUT2D eigenvalue weighted by Crippen LogP contribution is 2.16. The van der Waals surface area contributed by atoms with E-state index in [1.807, 2.05) is 0 Å². The molecule has 2 N–H and O–H groups in total. The lowest BCUT2D eigenvalue weighted by Crippen LogP contribution is -2.24. The molecule has 0 aromatic heterocycles. The first-order chi connectivity index (χ1) is 11.6. The normalized spacial score (nSPS) is 10.4. The number of carbonyl (C=O) groups is 2. The van der Waals surface area contributed by atoms with E-state index in [0.717, 1.165) is 0 Å². The number of hydrogen-bond donors (Lipinski definition) is 2. The predicted molar refractivity (Wildman–Crippen MR) is 87.6 cm³/mol. The molecule has 24 heavy (non-hydrogen) atoms. The summed E-state index contributed by atoms with van der Waals surface area (Å²) in [6.07, 6.45) is 1.27. The Kier molecular flexibility index (Phi) is 5.90. The molecular formula is C17H16N2O5. The summed E-state index contributed by atoms with van der Waals surface area (Å²) < 4.78 is 10.3. The molecule has 0 atom stereocenters. The molecule has 1 amide bonds. The van der Waals surface area contributed by atoms with Crippen molar-refractivity contribution in [3.8, 4) is 11.5 Å². The van der Waals surface area contributed by atoms with Gasteiger partial charge < -0.3 is 14.6 Å². The van der Waals surface area contributed by atoms with E-state index in [1.54, 1.807) is 49.6 Å². The van der Waals surface area contributed by atoms with Crippen LogP contribution in [0.15, 0.2) is 53.6 Å². The SMILES string of the molecule is COc1ccc(OCC(=O)N/N=C\c2ccccc2C(=O)O)cc1. The molecule has 2 rings (SSSR count). The first-order valence-electron chi connectivity index (χ1n) is 7.01. The Labute approximate surface area is 138 Å². The van der Waals surface area contributed by atoms with Crippen molar-refractivity contribution in [2.24, 2.45) is 5.10 Å². The van der Waals surface area contributed by atoms with E-state index in [1.165, 1.54) is 12.3 Å². The molecule has 0 saturated carbocycles. The summed E-state index contributed by atoms with van der Waals surface area (Å²) in [6.45, 7) is -0.218. The lowest BCUT2D eigenvalue weighted by Gasteiger charge is -2.06. The van der Waals surface area contributed by atoms with E-state index < -0.39 is 11.9 Å². The molecular weight excluding hydrogens is 312 g/mol. The van der Waals surface area contributed by atoms with Crippen LogP contribution in [0.2, 0.25) is 0 Å². The number of hydrazone groups is 1. The van der Waals surface area contributed by atoms with E-state index in [-0.39, 0.29) is 12.2 Å². The zero-order valence-corrected chi connectivity index (χ0v) is 12.9. The van der Waals surface area contributed by atoms with Crippen molar-refractivity contribution in [1.82, 2.24) is 5.43 Å². The molecule has 0 fully saturated rings. The molecule has 0 radical (unpaired) electrons. The van der Waals surface area contributed by atoms with E-state index in [0.29, 0.717) is 17.1 Å². The number of rotatable bonds is 7. The third-order valence-corrected chi connectivity index (χ3v) is 3.01. The first kappa shape index (κ1) is 17.0. The monoisotopic (exact) mass is 328 g/mol. The molecule has 124 valence electrons. The maximum Gasteiger partial charge on any atom is 0.336 e.